The molecule has 5 rings (SSSR count). The Morgan fingerprint density at radius 3 is 2.37 bits per heavy atom. The molecule has 3 saturated heterocycles. The Bertz CT molecular complexity index is 842. The molecule has 3 fully saturated rings. The zero-order valence-corrected chi connectivity index (χ0v) is 16.3. The van der Waals surface area contributed by atoms with Crippen molar-refractivity contribution in [1.29, 1.82) is 0 Å². The van der Waals surface area contributed by atoms with Gasteiger partial charge in [0.2, 0.25) is 0 Å². The van der Waals surface area contributed by atoms with Gasteiger partial charge in [0.25, 0.3) is 5.91 Å². The van der Waals surface area contributed by atoms with Gasteiger partial charge in [0, 0.05) is 33.5 Å². The van der Waals surface area contributed by atoms with Crippen LogP contribution in [-0.2, 0) is 0 Å². The molecular formula is C22H24N2O2S. The second-order valence-corrected chi connectivity index (χ2v) is 8.58. The van der Waals surface area contributed by atoms with Gasteiger partial charge in [-0.25, -0.2) is 0 Å². The molecule has 1 atom stereocenters. The first kappa shape index (κ1) is 18.3. The number of hydrogen-bond acceptors (Lipinski definition) is 4. The van der Waals surface area contributed by atoms with Crippen LogP contribution in [0.3, 0.4) is 0 Å². The number of piperidine rings is 3. The molecule has 2 aromatic rings. The van der Waals surface area contributed by atoms with Crippen molar-refractivity contribution in [2.24, 2.45) is 5.92 Å². The van der Waals surface area contributed by atoms with Crippen LogP contribution in [0.25, 0.3) is 0 Å². The van der Waals surface area contributed by atoms with E-state index in [1.54, 1.807) is 18.7 Å². The first-order chi connectivity index (χ1) is 13.1. The maximum atomic E-state index is 12.6. The van der Waals surface area contributed by atoms with Crippen LogP contribution in [0.15, 0.2) is 58.3 Å². The molecule has 0 unspecified atom stereocenters. The van der Waals surface area contributed by atoms with E-state index in [0.717, 1.165) is 16.3 Å². The van der Waals surface area contributed by atoms with Crippen molar-refractivity contribution in [3.63, 3.8) is 0 Å². The second kappa shape index (κ2) is 7.87. The highest BCUT2D eigenvalue weighted by molar-refractivity contribution is 7.99. The highest BCUT2D eigenvalue weighted by Crippen LogP contribution is 2.29. The third-order valence-corrected chi connectivity index (χ3v) is 6.56. The van der Waals surface area contributed by atoms with E-state index in [1.165, 1.54) is 25.9 Å². The quantitative estimate of drug-likeness (QED) is 0.800. The summed E-state index contributed by atoms with van der Waals surface area (Å²) in [6.07, 6.45) is 2.39. The molecule has 140 valence electrons. The summed E-state index contributed by atoms with van der Waals surface area (Å²) in [7, 11) is 0. The predicted octanol–water partition coefficient (Wildman–Crippen LogP) is 3.86. The van der Waals surface area contributed by atoms with Crippen molar-refractivity contribution in [3.05, 3.63) is 59.7 Å². The van der Waals surface area contributed by atoms with E-state index in [1.807, 2.05) is 48.5 Å². The fraction of sp³-hybridized carbons (Fsp3) is 0.364. The number of Topliss-reactive ketones (excluding diaryl/α,β-unsaturated/α-hetero) is 1. The lowest BCUT2D eigenvalue weighted by molar-refractivity contribution is 0.0620. The minimum atomic E-state index is 0.0175. The number of nitrogens with zero attached hydrogens (tertiary/aromatic N) is 1. The minimum Gasteiger partial charge on any atom is -0.348 e. The molecule has 0 saturated carbocycles. The number of nitrogens with one attached hydrogen (secondary N) is 1. The largest absolute Gasteiger partial charge is 0.348 e. The summed E-state index contributed by atoms with van der Waals surface area (Å²) in [5.41, 5.74) is 1.42. The Morgan fingerprint density at radius 2 is 1.74 bits per heavy atom. The van der Waals surface area contributed by atoms with Crippen molar-refractivity contribution in [1.82, 2.24) is 10.2 Å². The van der Waals surface area contributed by atoms with Crippen LogP contribution in [-0.4, -0.2) is 42.3 Å². The summed E-state index contributed by atoms with van der Waals surface area (Å²) in [5.74, 6) is 0.711. The maximum Gasteiger partial charge on any atom is 0.251 e. The van der Waals surface area contributed by atoms with Crippen LogP contribution in [0.2, 0.25) is 0 Å². The smallest absolute Gasteiger partial charge is 0.251 e. The van der Waals surface area contributed by atoms with Crippen LogP contribution in [0.5, 0.6) is 0 Å². The molecule has 4 nitrogen and oxygen atoms in total. The maximum absolute atomic E-state index is 12.6. The monoisotopic (exact) mass is 380 g/mol. The summed E-state index contributed by atoms with van der Waals surface area (Å²) in [6, 6.07) is 15.6. The van der Waals surface area contributed by atoms with Gasteiger partial charge in [-0.05, 0) is 75.2 Å². The highest BCUT2D eigenvalue weighted by Gasteiger charge is 2.34. The average molecular weight is 381 g/mol. The number of carbonyl (C=O) groups excluding carboxylic acids is 2. The number of hydrogen-bond donors (Lipinski definition) is 1. The van der Waals surface area contributed by atoms with Gasteiger partial charge in [-0.3, -0.25) is 9.59 Å². The molecule has 3 aliphatic rings. The van der Waals surface area contributed by atoms with E-state index in [9.17, 15) is 9.59 Å². The number of benzene rings is 2. The van der Waals surface area contributed by atoms with E-state index in [2.05, 4.69) is 10.2 Å². The van der Waals surface area contributed by atoms with Crippen molar-refractivity contribution >= 4 is 23.5 Å². The van der Waals surface area contributed by atoms with E-state index in [-0.39, 0.29) is 17.7 Å². The zero-order chi connectivity index (χ0) is 18.8. The Hall–Kier alpha value is -2.11. The minimum absolute atomic E-state index is 0.0175. The predicted molar refractivity (Wildman–Crippen MR) is 107 cm³/mol. The molecule has 0 radical (unpaired) electrons. The van der Waals surface area contributed by atoms with Crippen LogP contribution in [0.4, 0.5) is 0 Å². The molecule has 3 heterocycles. The van der Waals surface area contributed by atoms with Gasteiger partial charge in [-0.1, -0.05) is 23.9 Å². The molecule has 27 heavy (non-hydrogen) atoms. The third-order valence-electron chi connectivity index (χ3n) is 5.57. The lowest BCUT2D eigenvalue weighted by Gasteiger charge is -2.44. The molecule has 2 aromatic carbocycles. The fourth-order valence-electron chi connectivity index (χ4n) is 3.97. The number of ketones is 1. The first-order valence-corrected chi connectivity index (χ1v) is 10.3. The summed E-state index contributed by atoms with van der Waals surface area (Å²) < 4.78 is 0. The van der Waals surface area contributed by atoms with Crippen LogP contribution in [0.1, 0.15) is 40.5 Å². The molecule has 5 heteroatoms. The first-order valence-electron chi connectivity index (χ1n) is 9.50. The Morgan fingerprint density at radius 1 is 1.00 bits per heavy atom. The van der Waals surface area contributed by atoms with Gasteiger partial charge in [0.1, 0.15) is 0 Å². The van der Waals surface area contributed by atoms with Crippen LogP contribution < -0.4 is 5.32 Å². The van der Waals surface area contributed by atoms with Crippen LogP contribution in [0, 0.1) is 5.92 Å². The number of fused-ring (bicyclic) bond motifs is 3. The summed E-state index contributed by atoms with van der Waals surface area (Å²) in [5, 5.41) is 3.23. The average Bonchev–Trinajstić information content (AvgIpc) is 2.69. The summed E-state index contributed by atoms with van der Waals surface area (Å²) in [6.45, 7) is 4.91. The summed E-state index contributed by atoms with van der Waals surface area (Å²) in [4.78, 5) is 28.6. The van der Waals surface area contributed by atoms with E-state index in [4.69, 9.17) is 0 Å². The van der Waals surface area contributed by atoms with Crippen molar-refractivity contribution < 1.29 is 9.59 Å². The van der Waals surface area contributed by atoms with Gasteiger partial charge >= 0.3 is 0 Å². The zero-order valence-electron chi connectivity index (χ0n) is 15.5. The molecule has 0 aromatic heterocycles. The van der Waals surface area contributed by atoms with Gasteiger partial charge in [0.15, 0.2) is 5.78 Å². The van der Waals surface area contributed by atoms with E-state index in [0.29, 0.717) is 17.0 Å². The number of carbonyl (C=O) groups is 2. The lowest BCUT2D eigenvalue weighted by Crippen LogP contribution is -2.57. The van der Waals surface area contributed by atoms with E-state index < -0.39 is 0 Å². The topological polar surface area (TPSA) is 49.4 Å². The van der Waals surface area contributed by atoms with E-state index >= 15 is 0 Å². The van der Waals surface area contributed by atoms with Crippen molar-refractivity contribution in [3.8, 4) is 0 Å². The molecule has 2 bridgehead atoms. The Balaban J connectivity index is 1.39. The normalized spacial score (nSPS) is 23.8. The molecule has 1 amide bonds. The summed E-state index contributed by atoms with van der Waals surface area (Å²) >= 11 is 1.59. The standard InChI is InChI=1S/C22H24N2O2S/c1-15(25)18-3-2-4-20(13-18)27-19-7-5-17(6-8-19)22(26)23-21-14-24-11-9-16(21)10-12-24/h2-8,13,16,21H,9-12,14H2,1H3,(H,23,26)/t21-/m0/s1. The third kappa shape index (κ3) is 4.25. The SMILES string of the molecule is CC(=O)c1cccc(Sc2ccc(C(=O)N[C@H]3CN4CCC3CC4)cc2)c1. The molecular weight excluding hydrogens is 356 g/mol. The fourth-order valence-corrected chi connectivity index (χ4v) is 4.85. The lowest BCUT2D eigenvalue weighted by atomic mass is 9.84. The molecule has 1 N–H and O–H groups in total. The molecule has 0 spiro atoms. The van der Waals surface area contributed by atoms with Gasteiger partial charge < -0.3 is 10.2 Å². The second-order valence-electron chi connectivity index (χ2n) is 7.43. The van der Waals surface area contributed by atoms with Gasteiger partial charge in [-0.15, -0.1) is 0 Å². The van der Waals surface area contributed by atoms with Crippen LogP contribution >= 0.6 is 11.8 Å². The van der Waals surface area contributed by atoms with Gasteiger partial charge in [0.05, 0.1) is 0 Å². The highest BCUT2D eigenvalue weighted by atomic mass is 32.2. The van der Waals surface area contributed by atoms with Crippen molar-refractivity contribution in [2.75, 3.05) is 19.6 Å². The molecule has 0 aliphatic carbocycles. The van der Waals surface area contributed by atoms with Crippen molar-refractivity contribution in [2.45, 2.75) is 35.6 Å². The number of rotatable bonds is 5. The van der Waals surface area contributed by atoms with Gasteiger partial charge in [-0.2, -0.15) is 0 Å². The Kier molecular flexibility index (Phi) is 5.32. The molecule has 3 aliphatic heterocycles. The number of amides is 1. The Labute approximate surface area is 164 Å².